The number of hydrogen-bond acceptors (Lipinski definition) is 6. The molecule has 2 aromatic rings. The minimum absolute atomic E-state index is 0.202. The number of nitrogens with zero attached hydrogens (tertiary/aromatic N) is 3. The maximum absolute atomic E-state index is 12.0. The van der Waals surface area contributed by atoms with Crippen molar-refractivity contribution in [2.75, 3.05) is 5.32 Å². The van der Waals surface area contributed by atoms with Gasteiger partial charge in [-0.2, -0.15) is 0 Å². The Hall–Kier alpha value is -3.07. The third-order valence-electron chi connectivity index (χ3n) is 2.60. The van der Waals surface area contributed by atoms with Gasteiger partial charge in [0.15, 0.2) is 5.02 Å². The van der Waals surface area contributed by atoms with E-state index < -0.39 is 32.2 Å². The third kappa shape index (κ3) is 3.15. The van der Waals surface area contributed by atoms with Crippen molar-refractivity contribution >= 4 is 34.7 Å². The highest BCUT2D eigenvalue weighted by atomic mass is 35.5. The van der Waals surface area contributed by atoms with E-state index in [9.17, 15) is 25.0 Å². The molecule has 10 heteroatoms. The van der Waals surface area contributed by atoms with Crippen molar-refractivity contribution in [2.45, 2.75) is 0 Å². The van der Waals surface area contributed by atoms with Crippen LogP contribution >= 0.6 is 11.6 Å². The topological polar surface area (TPSA) is 128 Å². The fourth-order valence-corrected chi connectivity index (χ4v) is 1.86. The van der Waals surface area contributed by atoms with E-state index in [2.05, 4.69) is 10.3 Å². The minimum Gasteiger partial charge on any atom is -0.307 e. The molecule has 0 aliphatic heterocycles. The van der Waals surface area contributed by atoms with Gasteiger partial charge < -0.3 is 5.32 Å². The van der Waals surface area contributed by atoms with E-state index in [4.69, 9.17) is 11.6 Å². The molecule has 0 aliphatic carbocycles. The predicted octanol–water partition coefficient (Wildman–Crippen LogP) is 2.80. The van der Waals surface area contributed by atoms with Crippen LogP contribution in [0.15, 0.2) is 36.5 Å². The molecule has 0 atom stereocenters. The van der Waals surface area contributed by atoms with Crippen LogP contribution in [0.4, 0.5) is 17.2 Å². The number of halogens is 1. The van der Waals surface area contributed by atoms with Gasteiger partial charge in [-0.3, -0.25) is 25.0 Å². The molecular weight excluding hydrogens is 316 g/mol. The molecule has 0 saturated heterocycles. The molecule has 0 saturated carbocycles. The van der Waals surface area contributed by atoms with Gasteiger partial charge in [-0.15, -0.1) is 0 Å². The number of carbonyl (C=O) groups excluding carboxylic acids is 1. The van der Waals surface area contributed by atoms with Crippen LogP contribution in [0.3, 0.4) is 0 Å². The Balaban J connectivity index is 2.44. The molecule has 0 radical (unpaired) electrons. The molecule has 0 spiro atoms. The molecule has 22 heavy (non-hydrogen) atoms. The number of nitro groups is 2. The normalized spacial score (nSPS) is 10.0. The summed E-state index contributed by atoms with van der Waals surface area (Å²) in [5.74, 6) is -0.575. The van der Waals surface area contributed by atoms with E-state index in [0.29, 0.717) is 0 Å². The van der Waals surface area contributed by atoms with Crippen LogP contribution in [0.1, 0.15) is 10.4 Å². The van der Waals surface area contributed by atoms with Crippen molar-refractivity contribution in [2.24, 2.45) is 0 Å². The average Bonchev–Trinajstić information content (AvgIpc) is 2.47. The van der Waals surface area contributed by atoms with Crippen molar-refractivity contribution in [3.8, 4) is 0 Å². The Bertz CT molecular complexity index is 730. The second-order valence-electron chi connectivity index (χ2n) is 4.01. The molecule has 0 aliphatic rings. The smallest absolute Gasteiger partial charge is 0.295 e. The molecule has 0 unspecified atom stereocenters. The van der Waals surface area contributed by atoms with Gasteiger partial charge >= 0.3 is 0 Å². The molecule has 9 nitrogen and oxygen atoms in total. The zero-order valence-electron chi connectivity index (χ0n) is 10.7. The average molecular weight is 323 g/mol. The number of aromatic nitrogens is 1. The Kier molecular flexibility index (Phi) is 4.28. The Morgan fingerprint density at radius 2 is 1.73 bits per heavy atom. The number of hydrogen-bond donors (Lipinski definition) is 1. The second kappa shape index (κ2) is 6.14. The minimum atomic E-state index is -0.896. The zero-order valence-corrected chi connectivity index (χ0v) is 11.5. The van der Waals surface area contributed by atoms with Gasteiger partial charge in [0.25, 0.3) is 17.3 Å². The first-order valence-corrected chi connectivity index (χ1v) is 6.12. The molecule has 0 bridgehead atoms. The molecule has 1 N–H and O–H groups in total. The van der Waals surface area contributed by atoms with Crippen LogP contribution in [0.25, 0.3) is 0 Å². The van der Waals surface area contributed by atoms with E-state index in [0.717, 1.165) is 12.1 Å². The Labute approximate surface area is 127 Å². The van der Waals surface area contributed by atoms with Crippen molar-refractivity contribution in [3.63, 3.8) is 0 Å². The van der Waals surface area contributed by atoms with E-state index in [1.165, 1.54) is 12.3 Å². The molecule has 1 aromatic carbocycles. The molecule has 1 amide bonds. The summed E-state index contributed by atoms with van der Waals surface area (Å²) in [6.07, 6.45) is 1.43. The van der Waals surface area contributed by atoms with Gasteiger partial charge in [0.05, 0.1) is 15.4 Å². The molecule has 112 valence electrons. The number of amides is 1. The van der Waals surface area contributed by atoms with Crippen LogP contribution in [0.2, 0.25) is 5.02 Å². The number of benzene rings is 1. The number of carbonyl (C=O) groups is 1. The SMILES string of the molecule is O=C(Nc1ccccn1)c1cc([N+](=O)[O-])c(Cl)c([N+](=O)[O-])c1. The maximum atomic E-state index is 12.0. The highest BCUT2D eigenvalue weighted by molar-refractivity contribution is 6.35. The predicted molar refractivity (Wildman–Crippen MR) is 77.0 cm³/mol. The quantitative estimate of drug-likeness (QED) is 0.680. The highest BCUT2D eigenvalue weighted by Gasteiger charge is 2.27. The standard InChI is InChI=1S/C12H7ClN4O5/c13-11-8(16(19)20)5-7(6-9(11)17(21)22)12(18)15-10-3-1-2-4-14-10/h1-6H,(H,14,15,18). The summed E-state index contributed by atoms with van der Waals surface area (Å²) >= 11 is 5.61. The lowest BCUT2D eigenvalue weighted by atomic mass is 10.1. The van der Waals surface area contributed by atoms with Crippen molar-refractivity contribution in [1.82, 2.24) is 4.98 Å². The second-order valence-corrected chi connectivity index (χ2v) is 4.39. The zero-order chi connectivity index (χ0) is 16.3. The molecule has 0 fully saturated rings. The van der Waals surface area contributed by atoms with Gasteiger partial charge in [0.1, 0.15) is 5.82 Å². The number of pyridine rings is 1. The van der Waals surface area contributed by atoms with E-state index in [1.807, 2.05) is 0 Å². The number of anilines is 1. The fourth-order valence-electron chi connectivity index (χ4n) is 1.62. The van der Waals surface area contributed by atoms with E-state index in [1.54, 1.807) is 12.1 Å². The van der Waals surface area contributed by atoms with Crippen LogP contribution in [-0.2, 0) is 0 Å². The number of nitrogens with one attached hydrogen (secondary N) is 1. The highest BCUT2D eigenvalue weighted by Crippen LogP contribution is 2.35. The lowest BCUT2D eigenvalue weighted by Gasteiger charge is -2.05. The van der Waals surface area contributed by atoms with Crippen molar-refractivity contribution in [1.29, 1.82) is 0 Å². The van der Waals surface area contributed by atoms with Crippen LogP contribution < -0.4 is 5.32 Å². The third-order valence-corrected chi connectivity index (χ3v) is 2.98. The summed E-state index contributed by atoms with van der Waals surface area (Å²) in [4.78, 5) is 35.9. The first-order chi connectivity index (χ1) is 10.4. The largest absolute Gasteiger partial charge is 0.307 e. The molecule has 1 aromatic heterocycles. The maximum Gasteiger partial charge on any atom is 0.295 e. The lowest BCUT2D eigenvalue weighted by Crippen LogP contribution is -2.13. The Morgan fingerprint density at radius 3 is 2.18 bits per heavy atom. The Morgan fingerprint density at radius 1 is 1.14 bits per heavy atom. The fraction of sp³-hybridized carbons (Fsp3) is 0. The van der Waals surface area contributed by atoms with Crippen LogP contribution in [0.5, 0.6) is 0 Å². The molecular formula is C12H7ClN4O5. The lowest BCUT2D eigenvalue weighted by molar-refractivity contribution is -0.393. The van der Waals surface area contributed by atoms with Gasteiger partial charge in [-0.25, -0.2) is 4.98 Å². The number of nitro benzene ring substituents is 2. The van der Waals surface area contributed by atoms with Crippen LogP contribution in [-0.4, -0.2) is 20.7 Å². The van der Waals surface area contributed by atoms with Gasteiger partial charge in [0.2, 0.25) is 0 Å². The summed E-state index contributed by atoms with van der Waals surface area (Å²) in [6, 6.07) is 6.49. The monoisotopic (exact) mass is 322 g/mol. The first-order valence-electron chi connectivity index (χ1n) is 5.75. The van der Waals surface area contributed by atoms with Gasteiger partial charge in [-0.05, 0) is 12.1 Å². The summed E-state index contributed by atoms with van der Waals surface area (Å²) in [7, 11) is 0. The van der Waals surface area contributed by atoms with Gasteiger partial charge in [0, 0.05) is 18.3 Å². The van der Waals surface area contributed by atoms with E-state index in [-0.39, 0.29) is 11.4 Å². The summed E-state index contributed by atoms with van der Waals surface area (Å²) in [5, 5.41) is 23.5. The van der Waals surface area contributed by atoms with Crippen molar-refractivity contribution < 1.29 is 14.6 Å². The summed E-state index contributed by atoms with van der Waals surface area (Å²) < 4.78 is 0. The van der Waals surface area contributed by atoms with Crippen molar-refractivity contribution in [3.05, 3.63) is 67.3 Å². The molecule has 2 rings (SSSR count). The summed E-state index contributed by atoms with van der Waals surface area (Å²) in [6.45, 7) is 0. The number of rotatable bonds is 4. The van der Waals surface area contributed by atoms with Gasteiger partial charge in [-0.1, -0.05) is 17.7 Å². The first kappa shape index (κ1) is 15.3. The summed E-state index contributed by atoms with van der Waals surface area (Å²) in [5.41, 5.74) is -1.71. The van der Waals surface area contributed by atoms with E-state index >= 15 is 0 Å². The van der Waals surface area contributed by atoms with Crippen LogP contribution in [0, 0.1) is 20.2 Å². The molecule has 1 heterocycles.